The molecule has 1 unspecified atom stereocenters. The van der Waals surface area contributed by atoms with Crippen LogP contribution in [-0.4, -0.2) is 18.8 Å². The fraction of sp³-hybridized carbons (Fsp3) is 0.500. The topological polar surface area (TPSA) is 35.2 Å². The molecule has 1 atom stereocenters. The molecule has 0 aliphatic carbocycles. The highest BCUT2D eigenvalue weighted by molar-refractivity contribution is 6.30. The highest BCUT2D eigenvalue weighted by Gasteiger charge is 2.26. The maximum Gasteiger partial charge on any atom is 0.389 e. The smallest absolute Gasteiger partial charge is 0.389 e. The second-order valence-corrected chi connectivity index (χ2v) is 4.47. The summed E-state index contributed by atoms with van der Waals surface area (Å²) in [6, 6.07) is 6.37. The minimum atomic E-state index is -4.12. The molecule has 0 aliphatic heterocycles. The Bertz CT molecular complexity index is 371. The number of hydrogen-bond acceptors (Lipinski definition) is 2. The van der Waals surface area contributed by atoms with E-state index in [9.17, 15) is 13.2 Å². The van der Waals surface area contributed by atoms with Crippen molar-refractivity contribution in [2.75, 3.05) is 6.61 Å². The van der Waals surface area contributed by atoms with E-state index in [1.807, 2.05) is 0 Å². The summed E-state index contributed by atoms with van der Waals surface area (Å²) in [4.78, 5) is 0. The molecule has 18 heavy (non-hydrogen) atoms. The first-order valence-electron chi connectivity index (χ1n) is 5.57. The Labute approximate surface area is 109 Å². The van der Waals surface area contributed by atoms with Crippen molar-refractivity contribution in [3.63, 3.8) is 0 Å². The van der Waals surface area contributed by atoms with Crippen molar-refractivity contribution < 1.29 is 17.9 Å². The van der Waals surface area contributed by atoms with Crippen molar-refractivity contribution in [3.05, 3.63) is 29.3 Å². The quantitative estimate of drug-likeness (QED) is 0.861. The van der Waals surface area contributed by atoms with Gasteiger partial charge in [0.15, 0.2) is 0 Å². The first-order chi connectivity index (χ1) is 8.37. The number of rotatable bonds is 6. The molecule has 0 saturated heterocycles. The molecule has 0 fully saturated rings. The molecule has 0 aromatic heterocycles. The molecule has 0 amide bonds. The van der Waals surface area contributed by atoms with Crippen LogP contribution in [0.2, 0.25) is 5.02 Å². The molecule has 1 aromatic rings. The minimum absolute atomic E-state index is 0.0174. The van der Waals surface area contributed by atoms with Gasteiger partial charge in [-0.25, -0.2) is 0 Å². The molecular weight excluding hydrogens is 267 g/mol. The van der Waals surface area contributed by atoms with E-state index < -0.39 is 18.6 Å². The standard InChI is InChI=1S/C12H15ClF3NO/c13-9-3-1-5-11(7-9)18-8-10(17)4-2-6-12(14,15)16/h1,3,5,7,10H,2,4,6,8,17H2. The van der Waals surface area contributed by atoms with Gasteiger partial charge in [0.25, 0.3) is 0 Å². The molecule has 6 heteroatoms. The van der Waals surface area contributed by atoms with Gasteiger partial charge in [-0.1, -0.05) is 17.7 Å². The first-order valence-corrected chi connectivity index (χ1v) is 5.95. The van der Waals surface area contributed by atoms with Gasteiger partial charge in [-0.3, -0.25) is 0 Å². The Morgan fingerprint density at radius 1 is 1.33 bits per heavy atom. The maximum atomic E-state index is 11.9. The lowest BCUT2D eigenvalue weighted by atomic mass is 10.1. The lowest BCUT2D eigenvalue weighted by Crippen LogP contribution is -2.28. The fourth-order valence-electron chi connectivity index (χ4n) is 1.41. The van der Waals surface area contributed by atoms with Crippen LogP contribution in [0.5, 0.6) is 5.75 Å². The predicted octanol–water partition coefficient (Wildman–Crippen LogP) is 3.78. The molecule has 0 saturated carbocycles. The van der Waals surface area contributed by atoms with E-state index in [1.54, 1.807) is 24.3 Å². The number of ether oxygens (including phenoxy) is 1. The van der Waals surface area contributed by atoms with Crippen molar-refractivity contribution in [1.29, 1.82) is 0 Å². The third-order valence-corrected chi connectivity index (χ3v) is 2.53. The zero-order valence-electron chi connectivity index (χ0n) is 9.71. The summed E-state index contributed by atoms with van der Waals surface area (Å²) in [5.74, 6) is 0.564. The van der Waals surface area contributed by atoms with Crippen molar-refractivity contribution in [3.8, 4) is 5.75 Å². The van der Waals surface area contributed by atoms with E-state index in [0.717, 1.165) is 0 Å². The third-order valence-electron chi connectivity index (χ3n) is 2.30. The molecule has 2 N–H and O–H groups in total. The van der Waals surface area contributed by atoms with Crippen molar-refractivity contribution in [1.82, 2.24) is 0 Å². The van der Waals surface area contributed by atoms with Gasteiger partial charge in [-0.05, 0) is 31.0 Å². The van der Waals surface area contributed by atoms with E-state index in [-0.39, 0.29) is 19.4 Å². The van der Waals surface area contributed by atoms with Crippen LogP contribution in [0.4, 0.5) is 13.2 Å². The third kappa shape index (κ3) is 6.71. The monoisotopic (exact) mass is 281 g/mol. The molecule has 0 bridgehead atoms. The molecule has 2 nitrogen and oxygen atoms in total. The average molecular weight is 282 g/mol. The van der Waals surface area contributed by atoms with E-state index in [2.05, 4.69) is 0 Å². The maximum absolute atomic E-state index is 11.9. The van der Waals surface area contributed by atoms with Gasteiger partial charge in [0, 0.05) is 17.5 Å². The van der Waals surface area contributed by atoms with E-state index in [4.69, 9.17) is 22.1 Å². The van der Waals surface area contributed by atoms with Gasteiger partial charge in [0.2, 0.25) is 0 Å². The van der Waals surface area contributed by atoms with E-state index in [0.29, 0.717) is 10.8 Å². The first kappa shape index (κ1) is 15.1. The van der Waals surface area contributed by atoms with Crippen molar-refractivity contribution in [2.24, 2.45) is 5.73 Å². The SMILES string of the molecule is NC(CCCC(F)(F)F)COc1cccc(Cl)c1. The Morgan fingerprint density at radius 3 is 2.67 bits per heavy atom. The molecule has 0 radical (unpaired) electrons. The number of halogens is 4. The summed E-state index contributed by atoms with van der Waals surface area (Å²) in [6.07, 6.45) is -4.63. The Kier molecular flexibility index (Phi) is 5.75. The lowest BCUT2D eigenvalue weighted by molar-refractivity contribution is -0.135. The molecule has 0 spiro atoms. The molecule has 0 heterocycles. The summed E-state index contributed by atoms with van der Waals surface area (Å²) < 4.78 is 41.1. The highest BCUT2D eigenvalue weighted by Crippen LogP contribution is 2.22. The molecule has 1 rings (SSSR count). The van der Waals surface area contributed by atoms with Crippen LogP contribution in [0.1, 0.15) is 19.3 Å². The highest BCUT2D eigenvalue weighted by atomic mass is 35.5. The predicted molar refractivity (Wildman–Crippen MR) is 64.8 cm³/mol. The largest absolute Gasteiger partial charge is 0.492 e. The number of benzene rings is 1. The van der Waals surface area contributed by atoms with Crippen LogP contribution in [-0.2, 0) is 0 Å². The zero-order valence-corrected chi connectivity index (χ0v) is 10.5. The molecule has 0 aliphatic rings. The van der Waals surface area contributed by atoms with Crippen LogP contribution in [0, 0.1) is 0 Å². The van der Waals surface area contributed by atoms with Crippen LogP contribution < -0.4 is 10.5 Å². The van der Waals surface area contributed by atoms with Gasteiger partial charge < -0.3 is 10.5 Å². The average Bonchev–Trinajstić information content (AvgIpc) is 2.25. The summed E-state index contributed by atoms with van der Waals surface area (Å²) >= 11 is 5.76. The lowest BCUT2D eigenvalue weighted by Gasteiger charge is -2.14. The molecule has 102 valence electrons. The second kappa shape index (κ2) is 6.85. The number of hydrogen-bond donors (Lipinski definition) is 1. The number of nitrogens with two attached hydrogens (primary N) is 1. The van der Waals surface area contributed by atoms with Crippen LogP contribution in [0.25, 0.3) is 0 Å². The number of alkyl halides is 3. The van der Waals surface area contributed by atoms with Gasteiger partial charge >= 0.3 is 6.18 Å². The summed E-state index contributed by atoms with van der Waals surface area (Å²) in [5.41, 5.74) is 5.66. The second-order valence-electron chi connectivity index (χ2n) is 4.04. The van der Waals surface area contributed by atoms with Crippen molar-refractivity contribution in [2.45, 2.75) is 31.5 Å². The fourth-order valence-corrected chi connectivity index (χ4v) is 1.59. The summed E-state index contributed by atoms with van der Waals surface area (Å²) in [7, 11) is 0. The molecule has 1 aromatic carbocycles. The van der Waals surface area contributed by atoms with E-state index >= 15 is 0 Å². The summed E-state index contributed by atoms with van der Waals surface area (Å²) in [5, 5.41) is 0.540. The van der Waals surface area contributed by atoms with Crippen molar-refractivity contribution >= 4 is 11.6 Å². The van der Waals surface area contributed by atoms with Gasteiger partial charge in [-0.15, -0.1) is 0 Å². The zero-order chi connectivity index (χ0) is 13.6. The Hall–Kier alpha value is -0.940. The molecular formula is C12H15ClF3NO. The van der Waals surface area contributed by atoms with Gasteiger partial charge in [0.05, 0.1) is 0 Å². The van der Waals surface area contributed by atoms with Crippen LogP contribution >= 0.6 is 11.6 Å². The Balaban J connectivity index is 2.23. The van der Waals surface area contributed by atoms with Gasteiger partial charge in [0.1, 0.15) is 12.4 Å². The van der Waals surface area contributed by atoms with Crippen LogP contribution in [0.3, 0.4) is 0 Å². The van der Waals surface area contributed by atoms with Gasteiger partial charge in [-0.2, -0.15) is 13.2 Å². The van der Waals surface area contributed by atoms with E-state index in [1.165, 1.54) is 0 Å². The Morgan fingerprint density at radius 2 is 2.06 bits per heavy atom. The summed E-state index contributed by atoms with van der Waals surface area (Å²) in [6.45, 7) is 0.179. The van der Waals surface area contributed by atoms with Crippen LogP contribution in [0.15, 0.2) is 24.3 Å². The minimum Gasteiger partial charge on any atom is -0.492 e. The normalized spacial score (nSPS) is 13.4.